The predicted molar refractivity (Wildman–Crippen MR) is 83.6 cm³/mol. The van der Waals surface area contributed by atoms with Crippen molar-refractivity contribution in [3.05, 3.63) is 59.1 Å². The first kappa shape index (κ1) is 15.9. The summed E-state index contributed by atoms with van der Waals surface area (Å²) in [5.74, 6) is -0.724. The number of anilines is 1. The highest BCUT2D eigenvalue weighted by molar-refractivity contribution is 6.33. The molecule has 0 spiro atoms. The molecule has 0 bridgehead atoms. The Balaban J connectivity index is 1.87. The molecule has 2 N–H and O–H groups in total. The molecule has 0 fully saturated rings. The number of benzene rings is 2. The molecule has 0 heterocycles. The topological polar surface area (TPSA) is 75.6 Å². The van der Waals surface area contributed by atoms with Gasteiger partial charge in [0.05, 0.1) is 23.6 Å². The molecule has 2 rings (SSSR count). The highest BCUT2D eigenvalue weighted by Gasteiger charge is 2.11. The van der Waals surface area contributed by atoms with Crippen LogP contribution in [0.1, 0.15) is 16.8 Å². The van der Waals surface area contributed by atoms with Gasteiger partial charge in [-0.05, 0) is 30.3 Å². The molecule has 1 amide bonds. The van der Waals surface area contributed by atoms with E-state index in [4.69, 9.17) is 21.4 Å². The van der Waals surface area contributed by atoms with Crippen molar-refractivity contribution in [1.82, 2.24) is 0 Å². The zero-order valence-corrected chi connectivity index (χ0v) is 12.3. The van der Waals surface area contributed by atoms with Crippen LogP contribution >= 0.6 is 11.6 Å². The lowest BCUT2D eigenvalue weighted by molar-refractivity contribution is -0.116. The van der Waals surface area contributed by atoms with E-state index in [1.807, 2.05) is 18.2 Å². The Kier molecular flexibility index (Phi) is 5.38. The third-order valence-electron chi connectivity index (χ3n) is 2.82. The van der Waals surface area contributed by atoms with Gasteiger partial charge in [0.2, 0.25) is 5.91 Å². The minimum Gasteiger partial charge on any atom is -0.493 e. The summed E-state index contributed by atoms with van der Waals surface area (Å²) in [4.78, 5) is 22.8. The molecule has 0 radical (unpaired) electrons. The van der Waals surface area contributed by atoms with Gasteiger partial charge < -0.3 is 15.2 Å². The van der Waals surface area contributed by atoms with Crippen LogP contribution < -0.4 is 10.1 Å². The number of rotatable bonds is 6. The number of para-hydroxylation sites is 1. The van der Waals surface area contributed by atoms with Gasteiger partial charge in [-0.15, -0.1) is 0 Å². The number of amides is 1. The lowest BCUT2D eigenvalue weighted by atomic mass is 10.2. The maximum Gasteiger partial charge on any atom is 0.337 e. The number of hydrogen-bond donors (Lipinski definition) is 2. The van der Waals surface area contributed by atoms with Crippen molar-refractivity contribution in [3.63, 3.8) is 0 Å². The Morgan fingerprint density at radius 3 is 2.55 bits per heavy atom. The van der Waals surface area contributed by atoms with Gasteiger partial charge >= 0.3 is 5.97 Å². The fourth-order valence-corrected chi connectivity index (χ4v) is 1.97. The first-order valence-corrected chi connectivity index (χ1v) is 6.94. The highest BCUT2D eigenvalue weighted by atomic mass is 35.5. The molecule has 6 heteroatoms. The maximum absolute atomic E-state index is 11.8. The van der Waals surface area contributed by atoms with Gasteiger partial charge in [0.1, 0.15) is 5.75 Å². The van der Waals surface area contributed by atoms with Gasteiger partial charge in [0, 0.05) is 5.69 Å². The summed E-state index contributed by atoms with van der Waals surface area (Å²) in [6, 6.07) is 13.5. The fourth-order valence-electron chi connectivity index (χ4n) is 1.77. The van der Waals surface area contributed by atoms with Gasteiger partial charge in [-0.1, -0.05) is 29.8 Å². The molecule has 0 saturated heterocycles. The van der Waals surface area contributed by atoms with E-state index in [1.54, 1.807) is 18.2 Å². The summed E-state index contributed by atoms with van der Waals surface area (Å²) < 4.78 is 5.42. The van der Waals surface area contributed by atoms with E-state index in [9.17, 15) is 9.59 Å². The Hall–Kier alpha value is -2.53. The van der Waals surface area contributed by atoms with Gasteiger partial charge in [-0.2, -0.15) is 0 Å². The molecule has 0 aliphatic carbocycles. The summed E-state index contributed by atoms with van der Waals surface area (Å²) in [6.45, 7) is 0.231. The van der Waals surface area contributed by atoms with Crippen LogP contribution in [0.3, 0.4) is 0 Å². The smallest absolute Gasteiger partial charge is 0.337 e. The van der Waals surface area contributed by atoms with Crippen molar-refractivity contribution in [2.75, 3.05) is 11.9 Å². The van der Waals surface area contributed by atoms with Gasteiger partial charge in [-0.3, -0.25) is 4.79 Å². The van der Waals surface area contributed by atoms with E-state index in [2.05, 4.69) is 5.32 Å². The molecule has 0 aliphatic heterocycles. The average Bonchev–Trinajstić information content (AvgIpc) is 2.50. The van der Waals surface area contributed by atoms with Gasteiger partial charge in [-0.25, -0.2) is 4.79 Å². The molecular weight excluding hydrogens is 306 g/mol. The summed E-state index contributed by atoms with van der Waals surface area (Å²) in [6.07, 6.45) is 0.153. The molecular formula is C16H14ClNO4. The van der Waals surface area contributed by atoms with Crippen molar-refractivity contribution < 1.29 is 19.4 Å². The number of carboxylic acids is 1. The average molecular weight is 320 g/mol. The third kappa shape index (κ3) is 4.49. The van der Waals surface area contributed by atoms with Crippen LogP contribution in [-0.4, -0.2) is 23.6 Å². The number of hydrogen-bond acceptors (Lipinski definition) is 3. The molecule has 0 aliphatic rings. The molecule has 2 aromatic rings. The summed E-state index contributed by atoms with van der Waals surface area (Å²) >= 11 is 5.77. The van der Waals surface area contributed by atoms with Crippen LogP contribution in [0, 0.1) is 0 Å². The number of ether oxygens (including phenoxy) is 1. The van der Waals surface area contributed by atoms with Crippen molar-refractivity contribution in [2.24, 2.45) is 0 Å². The number of carbonyl (C=O) groups is 2. The second kappa shape index (κ2) is 7.47. The van der Waals surface area contributed by atoms with E-state index in [1.165, 1.54) is 12.1 Å². The lowest BCUT2D eigenvalue weighted by Crippen LogP contribution is -2.15. The van der Waals surface area contributed by atoms with Crippen molar-refractivity contribution in [1.29, 1.82) is 0 Å². The minimum atomic E-state index is -1.14. The van der Waals surface area contributed by atoms with Crippen LogP contribution in [0.4, 0.5) is 5.69 Å². The quantitative estimate of drug-likeness (QED) is 0.855. The predicted octanol–water partition coefficient (Wildman–Crippen LogP) is 3.45. The monoisotopic (exact) mass is 319 g/mol. The third-order valence-corrected chi connectivity index (χ3v) is 3.15. The summed E-state index contributed by atoms with van der Waals surface area (Å²) in [7, 11) is 0. The fraction of sp³-hybridized carbons (Fsp3) is 0.125. The molecule has 0 unspecified atom stereocenters. The number of nitrogens with one attached hydrogen (secondary N) is 1. The van der Waals surface area contributed by atoms with Gasteiger partial charge in [0.25, 0.3) is 0 Å². The van der Waals surface area contributed by atoms with Crippen molar-refractivity contribution in [2.45, 2.75) is 6.42 Å². The second-order valence-corrected chi connectivity index (χ2v) is 4.87. The maximum atomic E-state index is 11.8. The standard InChI is InChI=1S/C16H14ClNO4/c17-14-7-6-11(10-13(14)16(20)21)18-15(19)8-9-22-12-4-2-1-3-5-12/h1-7,10H,8-9H2,(H,18,19)(H,20,21). The molecule has 5 nitrogen and oxygen atoms in total. The van der Waals surface area contributed by atoms with Crippen LogP contribution in [0.5, 0.6) is 5.75 Å². The highest BCUT2D eigenvalue weighted by Crippen LogP contribution is 2.20. The first-order valence-electron chi connectivity index (χ1n) is 6.57. The number of carbonyl (C=O) groups excluding carboxylic acids is 1. The van der Waals surface area contributed by atoms with Gasteiger partial charge in [0.15, 0.2) is 0 Å². The van der Waals surface area contributed by atoms with E-state index in [0.717, 1.165) is 0 Å². The second-order valence-electron chi connectivity index (χ2n) is 4.46. The molecule has 0 atom stereocenters. The molecule has 22 heavy (non-hydrogen) atoms. The first-order chi connectivity index (χ1) is 10.6. The minimum absolute atomic E-state index is 0.0556. The zero-order chi connectivity index (χ0) is 15.9. The Bertz CT molecular complexity index is 673. The Morgan fingerprint density at radius 1 is 1.14 bits per heavy atom. The van der Waals surface area contributed by atoms with Crippen molar-refractivity contribution >= 4 is 29.2 Å². The summed E-state index contributed by atoms with van der Waals surface area (Å²) in [5.41, 5.74) is 0.325. The van der Waals surface area contributed by atoms with E-state index in [-0.39, 0.29) is 29.5 Å². The van der Waals surface area contributed by atoms with Crippen LogP contribution in [0.15, 0.2) is 48.5 Å². The normalized spacial score (nSPS) is 10.0. The Labute approximate surface area is 132 Å². The van der Waals surface area contributed by atoms with E-state index in [0.29, 0.717) is 11.4 Å². The molecule has 2 aromatic carbocycles. The van der Waals surface area contributed by atoms with Crippen LogP contribution in [-0.2, 0) is 4.79 Å². The van der Waals surface area contributed by atoms with E-state index >= 15 is 0 Å². The number of carboxylic acid groups (broad SMARTS) is 1. The SMILES string of the molecule is O=C(CCOc1ccccc1)Nc1ccc(Cl)c(C(=O)O)c1. The largest absolute Gasteiger partial charge is 0.493 e. The molecule has 0 aromatic heterocycles. The molecule has 0 saturated carbocycles. The zero-order valence-electron chi connectivity index (χ0n) is 11.6. The lowest BCUT2D eigenvalue weighted by Gasteiger charge is -2.08. The number of halogens is 1. The molecule has 114 valence electrons. The number of aromatic carboxylic acids is 1. The van der Waals surface area contributed by atoms with Crippen LogP contribution in [0.2, 0.25) is 5.02 Å². The van der Waals surface area contributed by atoms with Crippen LogP contribution in [0.25, 0.3) is 0 Å². The van der Waals surface area contributed by atoms with Crippen molar-refractivity contribution in [3.8, 4) is 5.75 Å². The summed E-state index contributed by atoms with van der Waals surface area (Å²) in [5, 5.41) is 11.7. The van der Waals surface area contributed by atoms with E-state index < -0.39 is 5.97 Å². The Morgan fingerprint density at radius 2 is 1.86 bits per heavy atom.